The van der Waals surface area contributed by atoms with E-state index >= 15 is 0 Å². The largest absolute Gasteiger partial charge is 0.352 e. The average molecular weight is 392 g/mol. The van der Waals surface area contributed by atoms with Gasteiger partial charge in [0, 0.05) is 12.1 Å². The van der Waals surface area contributed by atoms with E-state index in [9.17, 15) is 4.79 Å². The van der Waals surface area contributed by atoms with E-state index in [1.54, 1.807) is 0 Å². The van der Waals surface area contributed by atoms with Crippen LogP contribution in [0.2, 0.25) is 0 Å². The summed E-state index contributed by atoms with van der Waals surface area (Å²) < 4.78 is 0. The van der Waals surface area contributed by atoms with Crippen LogP contribution in [0.4, 0.5) is 0 Å². The molecular formula is C27H37NO. The Morgan fingerprint density at radius 2 is 1.90 bits per heavy atom. The van der Waals surface area contributed by atoms with Crippen LogP contribution in [0.5, 0.6) is 0 Å². The van der Waals surface area contributed by atoms with Crippen LogP contribution in [-0.4, -0.2) is 12.5 Å². The van der Waals surface area contributed by atoms with Gasteiger partial charge < -0.3 is 5.32 Å². The van der Waals surface area contributed by atoms with Gasteiger partial charge in [0.15, 0.2) is 0 Å². The van der Waals surface area contributed by atoms with Crippen molar-refractivity contribution in [3.63, 3.8) is 0 Å². The topological polar surface area (TPSA) is 29.1 Å². The number of hydrogen-bond donors (Lipinski definition) is 1. The maximum atomic E-state index is 12.1. The van der Waals surface area contributed by atoms with Gasteiger partial charge in [0.25, 0.3) is 5.91 Å². The molecule has 0 heterocycles. The molecule has 0 aliphatic heterocycles. The number of unbranched alkanes of at least 4 members (excludes halogenated alkanes) is 1. The maximum absolute atomic E-state index is 12.1. The van der Waals surface area contributed by atoms with E-state index in [1.807, 2.05) is 24.3 Å². The zero-order valence-electron chi connectivity index (χ0n) is 18.8. The summed E-state index contributed by atoms with van der Waals surface area (Å²) in [4.78, 5) is 12.1. The Bertz CT molecular complexity index is 803. The van der Waals surface area contributed by atoms with Crippen LogP contribution in [0.25, 0.3) is 6.08 Å². The summed E-state index contributed by atoms with van der Waals surface area (Å²) in [5.74, 6) is 0.00471. The van der Waals surface area contributed by atoms with E-state index in [-0.39, 0.29) is 11.3 Å². The van der Waals surface area contributed by atoms with Gasteiger partial charge in [0.1, 0.15) is 0 Å². The third kappa shape index (κ3) is 7.20. The average Bonchev–Trinajstić information content (AvgIpc) is 2.67. The fourth-order valence-corrected chi connectivity index (χ4v) is 3.82. The number of amides is 1. The lowest BCUT2D eigenvalue weighted by atomic mass is 9.72. The molecule has 1 amide bonds. The van der Waals surface area contributed by atoms with E-state index in [0.29, 0.717) is 5.56 Å². The molecule has 0 spiro atoms. The van der Waals surface area contributed by atoms with Crippen LogP contribution in [0, 0.1) is 5.41 Å². The van der Waals surface area contributed by atoms with E-state index in [0.717, 1.165) is 24.9 Å². The molecule has 0 saturated heterocycles. The molecule has 1 aliphatic rings. The molecular weight excluding hydrogens is 354 g/mol. The van der Waals surface area contributed by atoms with E-state index < -0.39 is 0 Å². The highest BCUT2D eigenvalue weighted by atomic mass is 16.1. The Labute approximate surface area is 177 Å². The molecule has 0 aromatic heterocycles. The van der Waals surface area contributed by atoms with Gasteiger partial charge in [0.05, 0.1) is 0 Å². The Kier molecular flexibility index (Phi) is 8.70. The SMILES string of the molecule is CCCCNC(=O)c1ccc(/C=C/C=C(C)/C=C/C2=C(C)CCCC2(C)C)cc1. The molecule has 1 N–H and O–H groups in total. The molecule has 0 unspecified atom stereocenters. The summed E-state index contributed by atoms with van der Waals surface area (Å²) >= 11 is 0. The minimum Gasteiger partial charge on any atom is -0.352 e. The van der Waals surface area contributed by atoms with Crippen molar-refractivity contribution < 1.29 is 4.79 Å². The molecule has 1 aromatic carbocycles. The summed E-state index contributed by atoms with van der Waals surface area (Å²) in [6.07, 6.45) is 16.7. The van der Waals surface area contributed by atoms with Crippen LogP contribution < -0.4 is 5.32 Å². The number of allylic oxidation sites excluding steroid dienone is 7. The molecule has 2 nitrogen and oxygen atoms in total. The van der Waals surface area contributed by atoms with E-state index in [4.69, 9.17) is 0 Å². The molecule has 0 fully saturated rings. The monoisotopic (exact) mass is 391 g/mol. The van der Waals surface area contributed by atoms with Crippen molar-refractivity contribution >= 4 is 12.0 Å². The molecule has 0 radical (unpaired) electrons. The van der Waals surface area contributed by atoms with Crippen LogP contribution >= 0.6 is 0 Å². The third-order valence-corrected chi connectivity index (χ3v) is 5.69. The lowest BCUT2D eigenvalue weighted by molar-refractivity contribution is 0.0953. The standard InChI is InChI=1S/C27H37NO/c1-6-7-20-28-26(29)24-16-14-23(15-17-24)12-8-10-21(2)13-18-25-22(3)11-9-19-27(25,4)5/h8,10,12-18H,6-7,9,11,19-20H2,1-5H3,(H,28,29)/b12-8+,18-13+,21-10+. The fraction of sp³-hybridized carbons (Fsp3) is 0.444. The molecule has 0 bridgehead atoms. The maximum Gasteiger partial charge on any atom is 0.251 e. The molecule has 0 atom stereocenters. The highest BCUT2D eigenvalue weighted by Crippen LogP contribution is 2.40. The normalized spacial score (nSPS) is 17.3. The molecule has 2 heteroatoms. The first-order chi connectivity index (χ1) is 13.8. The Balaban J connectivity index is 1.96. The molecule has 29 heavy (non-hydrogen) atoms. The second-order valence-electron chi connectivity index (χ2n) is 8.77. The van der Waals surface area contributed by atoms with Crippen molar-refractivity contribution in [1.82, 2.24) is 5.32 Å². The Hall–Kier alpha value is -2.35. The summed E-state index contributed by atoms with van der Waals surface area (Å²) in [6, 6.07) is 7.75. The van der Waals surface area contributed by atoms with Gasteiger partial charge in [-0.2, -0.15) is 0 Å². The first kappa shape index (κ1) is 22.9. The van der Waals surface area contributed by atoms with Gasteiger partial charge in [-0.3, -0.25) is 4.79 Å². The van der Waals surface area contributed by atoms with E-state index in [2.05, 4.69) is 70.3 Å². The zero-order chi connectivity index (χ0) is 21.3. The second kappa shape index (κ2) is 11.0. The predicted octanol–water partition coefficient (Wildman–Crippen LogP) is 7.26. The number of nitrogens with one attached hydrogen (secondary N) is 1. The van der Waals surface area contributed by atoms with Gasteiger partial charge in [-0.25, -0.2) is 0 Å². The molecule has 1 aromatic rings. The van der Waals surface area contributed by atoms with Crippen LogP contribution in [0.1, 0.15) is 82.6 Å². The number of benzene rings is 1. The van der Waals surface area contributed by atoms with Gasteiger partial charge in [-0.05, 0) is 68.2 Å². The zero-order valence-corrected chi connectivity index (χ0v) is 18.8. The van der Waals surface area contributed by atoms with Crippen molar-refractivity contribution in [2.24, 2.45) is 5.41 Å². The number of carbonyl (C=O) groups excluding carboxylic acids is 1. The number of hydrogen-bond acceptors (Lipinski definition) is 1. The van der Waals surface area contributed by atoms with Gasteiger partial charge >= 0.3 is 0 Å². The van der Waals surface area contributed by atoms with Gasteiger partial charge in [0.2, 0.25) is 0 Å². The smallest absolute Gasteiger partial charge is 0.251 e. The molecule has 1 aliphatic carbocycles. The minimum atomic E-state index is 0.00471. The summed E-state index contributed by atoms with van der Waals surface area (Å²) in [7, 11) is 0. The lowest BCUT2D eigenvalue weighted by Crippen LogP contribution is -2.24. The van der Waals surface area contributed by atoms with Crippen molar-refractivity contribution in [3.05, 3.63) is 76.4 Å². The minimum absolute atomic E-state index is 0.00471. The van der Waals surface area contributed by atoms with Gasteiger partial charge in [-0.15, -0.1) is 0 Å². The van der Waals surface area contributed by atoms with Crippen LogP contribution in [-0.2, 0) is 0 Å². The Morgan fingerprint density at radius 1 is 1.17 bits per heavy atom. The molecule has 0 saturated carbocycles. The highest BCUT2D eigenvalue weighted by Gasteiger charge is 2.26. The third-order valence-electron chi connectivity index (χ3n) is 5.69. The van der Waals surface area contributed by atoms with Crippen molar-refractivity contribution in [2.45, 2.75) is 66.7 Å². The highest BCUT2D eigenvalue weighted by molar-refractivity contribution is 5.94. The summed E-state index contributed by atoms with van der Waals surface area (Å²) in [5, 5.41) is 2.95. The number of rotatable bonds is 8. The van der Waals surface area contributed by atoms with Crippen LogP contribution in [0.15, 0.2) is 65.3 Å². The molecule has 2 rings (SSSR count). The number of carbonyl (C=O) groups is 1. The van der Waals surface area contributed by atoms with Crippen LogP contribution in [0.3, 0.4) is 0 Å². The fourth-order valence-electron chi connectivity index (χ4n) is 3.82. The van der Waals surface area contributed by atoms with Crippen molar-refractivity contribution in [1.29, 1.82) is 0 Å². The second-order valence-corrected chi connectivity index (χ2v) is 8.77. The lowest BCUT2D eigenvalue weighted by Gasteiger charge is -2.32. The Morgan fingerprint density at radius 3 is 2.55 bits per heavy atom. The first-order valence-corrected chi connectivity index (χ1v) is 10.9. The van der Waals surface area contributed by atoms with Gasteiger partial charge in [-0.1, -0.05) is 80.9 Å². The summed E-state index contributed by atoms with van der Waals surface area (Å²) in [5.41, 5.74) is 6.34. The van der Waals surface area contributed by atoms with Crippen molar-refractivity contribution in [2.75, 3.05) is 6.54 Å². The predicted molar refractivity (Wildman–Crippen MR) is 126 cm³/mol. The van der Waals surface area contributed by atoms with Crippen molar-refractivity contribution in [3.8, 4) is 0 Å². The molecule has 156 valence electrons. The van der Waals surface area contributed by atoms with E-state index in [1.165, 1.54) is 36.0 Å². The summed E-state index contributed by atoms with van der Waals surface area (Å²) in [6.45, 7) is 12.0. The first-order valence-electron chi connectivity index (χ1n) is 10.9. The quantitative estimate of drug-likeness (QED) is 0.367.